The molecule has 5 rings (SSSR count). The third-order valence-electron chi connectivity index (χ3n) is 10.1. The van der Waals surface area contributed by atoms with Crippen LogP contribution in [0.25, 0.3) is 0 Å². The van der Waals surface area contributed by atoms with Crippen LogP contribution in [0, 0.1) is 35.5 Å². The van der Waals surface area contributed by atoms with Gasteiger partial charge in [-0.3, -0.25) is 0 Å². The molecule has 2 N–H and O–H groups in total. The number of carboxylic acid groups (broad SMARTS) is 1. The predicted octanol–water partition coefficient (Wildman–Crippen LogP) is 4.60. The molecular weight excluding hydrogens is 506 g/mol. The summed E-state index contributed by atoms with van der Waals surface area (Å²) in [6.45, 7) is 2.47. The zero-order valence-corrected chi connectivity index (χ0v) is 23.3. The summed E-state index contributed by atoms with van der Waals surface area (Å²) >= 11 is 0. The first-order valence-corrected chi connectivity index (χ1v) is 16.2. The highest BCUT2D eigenvalue weighted by Gasteiger charge is 2.51. The predicted molar refractivity (Wildman–Crippen MR) is 142 cm³/mol. The third-order valence-corrected chi connectivity index (χ3v) is 12.2. The molecule has 0 aromatic carbocycles. The third kappa shape index (κ3) is 5.75. The van der Waals surface area contributed by atoms with Gasteiger partial charge in [0.05, 0.1) is 17.6 Å². The van der Waals surface area contributed by atoms with Crippen molar-refractivity contribution in [2.24, 2.45) is 35.5 Å². The normalized spacial score (nSPS) is 34.1. The second kappa shape index (κ2) is 11.6. The maximum absolute atomic E-state index is 13.0. The quantitative estimate of drug-likeness (QED) is 0.485. The molecule has 0 bridgehead atoms. The number of hydrogen-bond donors (Lipinski definition) is 2. The summed E-state index contributed by atoms with van der Waals surface area (Å²) in [4.78, 5) is 28.8. The van der Waals surface area contributed by atoms with Gasteiger partial charge in [-0.15, -0.1) is 0 Å². The summed E-state index contributed by atoms with van der Waals surface area (Å²) in [5, 5.41) is 11.8. The Bertz CT molecular complexity index is 1070. The number of aromatic nitrogens is 2. The molecule has 9 nitrogen and oxygen atoms in total. The molecule has 0 radical (unpaired) electrons. The minimum Gasteiger partial charge on any atom is -0.480 e. The number of hydrogen-bond acceptors (Lipinski definition) is 6. The molecule has 4 aliphatic carbocycles. The number of amides is 1. The van der Waals surface area contributed by atoms with Crippen molar-refractivity contribution in [2.45, 2.75) is 102 Å². The Hall–Kier alpha value is -2.10. The van der Waals surface area contributed by atoms with Crippen LogP contribution in [0.2, 0.25) is 0 Å². The first kappa shape index (κ1) is 27.5. The molecule has 0 saturated heterocycles. The highest BCUT2D eigenvalue weighted by atomic mass is 32.2. The standard InChI is InChI=1S/C28H43N3O6S/c1-18-10-12-20(13-11-18)38(35,36)31-15-19(29-17-31)14-26(27(32)33)30-28(34)37-16-25-23-8-4-2-6-21(23)22-7-3-5-9-24(22)25/h15,17-18,20-26H,2-14,16H2,1H3,(H,30,34)(H,32,33). The summed E-state index contributed by atoms with van der Waals surface area (Å²) in [7, 11) is -3.59. The average Bonchev–Trinajstić information content (AvgIpc) is 3.51. The van der Waals surface area contributed by atoms with Gasteiger partial charge in [-0.2, -0.15) is 0 Å². The van der Waals surface area contributed by atoms with Gasteiger partial charge in [0.2, 0.25) is 10.0 Å². The molecule has 4 fully saturated rings. The Morgan fingerprint density at radius 1 is 1.00 bits per heavy atom. The molecule has 0 aliphatic heterocycles. The van der Waals surface area contributed by atoms with Crippen LogP contribution in [-0.4, -0.2) is 52.4 Å². The van der Waals surface area contributed by atoms with E-state index in [1.165, 1.54) is 63.9 Å². The molecular formula is C28H43N3O6S. The summed E-state index contributed by atoms with van der Waals surface area (Å²) < 4.78 is 32.8. The lowest BCUT2D eigenvalue weighted by Gasteiger charge is -2.32. The number of ether oxygens (including phenoxy) is 1. The van der Waals surface area contributed by atoms with Crippen molar-refractivity contribution in [3.05, 3.63) is 18.2 Å². The van der Waals surface area contributed by atoms with Crippen LogP contribution in [0.3, 0.4) is 0 Å². The smallest absolute Gasteiger partial charge is 0.407 e. The van der Waals surface area contributed by atoms with E-state index in [1.54, 1.807) is 0 Å². The van der Waals surface area contributed by atoms with Crippen LogP contribution in [0.5, 0.6) is 0 Å². The molecule has 4 aliphatic rings. The molecule has 4 saturated carbocycles. The second-order valence-electron chi connectivity index (χ2n) is 12.3. The van der Waals surface area contributed by atoms with Crippen LogP contribution in [0.15, 0.2) is 12.5 Å². The van der Waals surface area contributed by atoms with Crippen LogP contribution in [-0.2, 0) is 26.0 Å². The van der Waals surface area contributed by atoms with Crippen molar-refractivity contribution in [3.8, 4) is 0 Å². The lowest BCUT2D eigenvalue weighted by Crippen LogP contribution is -2.43. The number of nitrogens with one attached hydrogen (secondary N) is 1. The Kier molecular flexibility index (Phi) is 8.36. The summed E-state index contributed by atoms with van der Waals surface area (Å²) in [5.41, 5.74) is 0.302. The van der Waals surface area contributed by atoms with Crippen LogP contribution < -0.4 is 5.32 Å². The van der Waals surface area contributed by atoms with Gasteiger partial charge in [0.1, 0.15) is 12.4 Å². The van der Waals surface area contributed by atoms with Crippen LogP contribution in [0.4, 0.5) is 4.79 Å². The van der Waals surface area contributed by atoms with Crippen molar-refractivity contribution in [1.29, 1.82) is 0 Å². The molecule has 5 atom stereocenters. The first-order valence-electron chi connectivity index (χ1n) is 14.7. The molecule has 5 unspecified atom stereocenters. The van der Waals surface area contributed by atoms with Crippen LogP contribution >= 0.6 is 0 Å². The first-order chi connectivity index (χ1) is 18.2. The summed E-state index contributed by atoms with van der Waals surface area (Å²) in [5.74, 6) is 2.41. The fourth-order valence-electron chi connectivity index (χ4n) is 8.12. The maximum atomic E-state index is 13.0. The number of carbonyl (C=O) groups is 2. The zero-order valence-electron chi connectivity index (χ0n) is 22.5. The number of nitrogens with zero attached hydrogens (tertiary/aromatic N) is 2. The van der Waals surface area contributed by atoms with Crippen molar-refractivity contribution in [3.63, 3.8) is 0 Å². The molecule has 0 spiro atoms. The van der Waals surface area contributed by atoms with Crippen LogP contribution in [0.1, 0.15) is 89.7 Å². The lowest BCUT2D eigenvalue weighted by atomic mass is 9.73. The largest absolute Gasteiger partial charge is 0.480 e. The van der Waals surface area contributed by atoms with E-state index in [1.807, 2.05) is 0 Å². The van der Waals surface area contributed by atoms with Gasteiger partial charge in [-0.1, -0.05) is 32.6 Å². The van der Waals surface area contributed by atoms with E-state index in [9.17, 15) is 23.1 Å². The van der Waals surface area contributed by atoms with E-state index in [2.05, 4.69) is 17.2 Å². The van der Waals surface area contributed by atoms with E-state index in [-0.39, 0.29) is 6.42 Å². The Morgan fingerprint density at radius 3 is 2.16 bits per heavy atom. The van der Waals surface area contributed by atoms with Crippen molar-refractivity contribution < 1.29 is 27.9 Å². The number of alkyl carbamates (subject to hydrolysis) is 1. The SMILES string of the molecule is CC1CCC(S(=O)(=O)n2cnc(CC(NC(=O)OCC3C4CCCCC4C4CCCCC43)C(=O)O)c2)CC1. The van der Waals surface area contributed by atoms with E-state index in [4.69, 9.17) is 4.74 Å². The Morgan fingerprint density at radius 2 is 1.58 bits per heavy atom. The monoisotopic (exact) mass is 549 g/mol. The molecule has 38 heavy (non-hydrogen) atoms. The number of fused-ring (bicyclic) bond motifs is 3. The fourth-order valence-corrected chi connectivity index (χ4v) is 9.78. The second-order valence-corrected chi connectivity index (χ2v) is 14.5. The molecule has 1 aromatic heterocycles. The average molecular weight is 550 g/mol. The number of imidazole rings is 1. The molecule has 10 heteroatoms. The summed E-state index contributed by atoms with van der Waals surface area (Å²) in [6.07, 6.45) is 14.8. The fraction of sp³-hybridized carbons (Fsp3) is 0.821. The number of rotatable bonds is 8. The van der Waals surface area contributed by atoms with Crippen molar-refractivity contribution >= 4 is 22.1 Å². The van der Waals surface area contributed by atoms with E-state index < -0.39 is 33.4 Å². The van der Waals surface area contributed by atoms with Gasteiger partial charge in [0.25, 0.3) is 0 Å². The van der Waals surface area contributed by atoms with E-state index in [0.29, 0.717) is 48.8 Å². The van der Waals surface area contributed by atoms with Gasteiger partial charge >= 0.3 is 12.1 Å². The van der Waals surface area contributed by atoms with E-state index >= 15 is 0 Å². The highest BCUT2D eigenvalue weighted by molar-refractivity contribution is 7.90. The Labute approximate surface area is 226 Å². The van der Waals surface area contributed by atoms with E-state index in [0.717, 1.165) is 28.6 Å². The minimum absolute atomic E-state index is 0.118. The molecule has 1 heterocycles. The van der Waals surface area contributed by atoms with Gasteiger partial charge in [0, 0.05) is 12.6 Å². The van der Waals surface area contributed by atoms with Crippen molar-refractivity contribution in [1.82, 2.24) is 14.3 Å². The van der Waals surface area contributed by atoms with Gasteiger partial charge in [-0.25, -0.2) is 27.0 Å². The summed E-state index contributed by atoms with van der Waals surface area (Å²) in [6, 6.07) is -1.25. The van der Waals surface area contributed by atoms with Gasteiger partial charge in [-0.05, 0) is 86.9 Å². The molecule has 212 valence electrons. The highest BCUT2D eigenvalue weighted by Crippen LogP contribution is 2.57. The zero-order chi connectivity index (χ0) is 26.9. The van der Waals surface area contributed by atoms with Gasteiger partial charge < -0.3 is 15.2 Å². The van der Waals surface area contributed by atoms with Crippen molar-refractivity contribution in [2.75, 3.05) is 6.61 Å². The molecule has 1 amide bonds. The topological polar surface area (TPSA) is 128 Å². The molecule has 1 aromatic rings. The number of aliphatic carboxylic acids is 1. The number of carbonyl (C=O) groups excluding carboxylic acids is 1. The number of carboxylic acids is 1. The Balaban J connectivity index is 1.17. The maximum Gasteiger partial charge on any atom is 0.407 e. The minimum atomic E-state index is -3.59. The van der Waals surface area contributed by atoms with Gasteiger partial charge in [0.15, 0.2) is 0 Å². The lowest BCUT2D eigenvalue weighted by molar-refractivity contribution is -0.139.